The van der Waals surface area contributed by atoms with E-state index in [4.69, 9.17) is 0 Å². The quantitative estimate of drug-likeness (QED) is 0.831. The average Bonchev–Trinajstić information content (AvgIpc) is 2.39. The second-order valence-electron chi connectivity index (χ2n) is 2.94. The Morgan fingerprint density at radius 3 is 2.40 bits per heavy atom. The molecule has 1 atom stereocenters. The summed E-state index contributed by atoms with van der Waals surface area (Å²) in [6.45, 7) is 0. The smallest absolute Gasteiger partial charge is 0.313 e. The van der Waals surface area contributed by atoms with Gasteiger partial charge >= 0.3 is 6.18 Å². The lowest BCUT2D eigenvalue weighted by Crippen LogP contribution is -2.23. The summed E-state index contributed by atoms with van der Waals surface area (Å²) in [5, 5.41) is 2.66. The third-order valence-corrected chi connectivity index (χ3v) is 4.23. The predicted molar refractivity (Wildman–Crippen MR) is 62.2 cm³/mol. The molecule has 1 N–H and O–H groups in total. The maximum absolute atomic E-state index is 12.3. The summed E-state index contributed by atoms with van der Waals surface area (Å²) in [6, 6.07) is 0.990. The molecule has 7 heteroatoms. The van der Waals surface area contributed by atoms with Gasteiger partial charge < -0.3 is 5.32 Å². The van der Waals surface area contributed by atoms with E-state index in [2.05, 4.69) is 37.2 Å². The lowest BCUT2D eigenvalue weighted by molar-refractivity contribution is -0.140. The van der Waals surface area contributed by atoms with Crippen molar-refractivity contribution in [3.63, 3.8) is 0 Å². The van der Waals surface area contributed by atoms with Crippen molar-refractivity contribution in [3.05, 3.63) is 19.2 Å². The second-order valence-corrected chi connectivity index (χ2v) is 6.69. The van der Waals surface area contributed by atoms with Gasteiger partial charge in [0, 0.05) is 6.04 Å². The van der Waals surface area contributed by atoms with Gasteiger partial charge in [0.2, 0.25) is 0 Å². The van der Waals surface area contributed by atoms with E-state index in [0.29, 0.717) is 5.56 Å². The first-order valence-corrected chi connectivity index (χ1v) is 6.42. The fourth-order valence-corrected chi connectivity index (χ4v) is 4.16. The van der Waals surface area contributed by atoms with Gasteiger partial charge in [-0.15, -0.1) is 11.3 Å². The van der Waals surface area contributed by atoms with Gasteiger partial charge in [0.25, 0.3) is 0 Å². The van der Waals surface area contributed by atoms with Gasteiger partial charge in [-0.25, -0.2) is 0 Å². The molecule has 0 bridgehead atoms. The molecule has 0 amide bonds. The molecule has 15 heavy (non-hydrogen) atoms. The predicted octanol–water partition coefficient (Wildman–Crippen LogP) is 4.49. The van der Waals surface area contributed by atoms with Gasteiger partial charge in [0.1, 0.15) is 0 Å². The topological polar surface area (TPSA) is 12.0 Å². The van der Waals surface area contributed by atoms with Crippen molar-refractivity contribution in [2.75, 3.05) is 7.05 Å². The molecule has 1 nitrogen and oxygen atoms in total. The number of hydrogen-bond donors (Lipinski definition) is 1. The van der Waals surface area contributed by atoms with Crippen molar-refractivity contribution in [2.24, 2.45) is 0 Å². The third kappa shape index (κ3) is 4.05. The molecule has 1 aromatic rings. The van der Waals surface area contributed by atoms with Crippen LogP contribution < -0.4 is 5.32 Å². The first-order valence-electron chi connectivity index (χ1n) is 4.02. The normalized spacial score (nSPS) is 14.3. The molecule has 0 saturated heterocycles. The van der Waals surface area contributed by atoms with Crippen LogP contribution in [0.5, 0.6) is 0 Å². The van der Waals surface area contributed by atoms with Crippen LogP contribution in [0.2, 0.25) is 0 Å². The van der Waals surface area contributed by atoms with Crippen LogP contribution in [0.1, 0.15) is 18.0 Å². The summed E-state index contributed by atoms with van der Waals surface area (Å²) < 4.78 is 38.3. The van der Waals surface area contributed by atoms with Crippen molar-refractivity contribution in [1.29, 1.82) is 0 Å². The molecular formula is C8H8Br2F3NS. The lowest BCUT2D eigenvalue weighted by atomic mass is 10.1. The van der Waals surface area contributed by atoms with Crippen LogP contribution in [-0.4, -0.2) is 13.2 Å². The van der Waals surface area contributed by atoms with Crippen LogP contribution in [0, 0.1) is 0 Å². The molecule has 1 aromatic heterocycles. The van der Waals surface area contributed by atoms with Crippen LogP contribution in [0.15, 0.2) is 13.6 Å². The Kier molecular flexibility index (Phi) is 4.64. The van der Waals surface area contributed by atoms with E-state index in [1.165, 1.54) is 18.4 Å². The highest BCUT2D eigenvalue weighted by Crippen LogP contribution is 2.39. The van der Waals surface area contributed by atoms with E-state index in [-0.39, 0.29) is 0 Å². The van der Waals surface area contributed by atoms with E-state index in [9.17, 15) is 13.2 Å². The Balaban J connectivity index is 2.88. The molecule has 0 saturated carbocycles. The van der Waals surface area contributed by atoms with Crippen molar-refractivity contribution < 1.29 is 13.2 Å². The van der Waals surface area contributed by atoms with E-state index >= 15 is 0 Å². The molecular weight excluding hydrogens is 359 g/mol. The zero-order valence-electron chi connectivity index (χ0n) is 7.66. The Bertz CT molecular complexity index is 337. The van der Waals surface area contributed by atoms with Gasteiger partial charge in [-0.05, 0) is 50.5 Å². The summed E-state index contributed by atoms with van der Waals surface area (Å²) in [4.78, 5) is 0. The fourth-order valence-electron chi connectivity index (χ4n) is 1.19. The second kappa shape index (κ2) is 5.16. The third-order valence-electron chi connectivity index (χ3n) is 1.84. The molecule has 1 unspecified atom stereocenters. The van der Waals surface area contributed by atoms with Crippen LogP contribution in [0.4, 0.5) is 13.2 Å². The Morgan fingerprint density at radius 1 is 1.47 bits per heavy atom. The van der Waals surface area contributed by atoms with E-state index in [0.717, 1.165) is 7.57 Å². The first kappa shape index (κ1) is 13.5. The molecule has 1 heterocycles. The van der Waals surface area contributed by atoms with E-state index in [1.54, 1.807) is 6.07 Å². The summed E-state index contributed by atoms with van der Waals surface area (Å²) in [5.74, 6) is 0. The molecule has 0 aromatic carbocycles. The van der Waals surface area contributed by atoms with Gasteiger partial charge in [-0.1, -0.05) is 0 Å². The zero-order chi connectivity index (χ0) is 11.6. The molecule has 0 fully saturated rings. The number of hydrogen-bond acceptors (Lipinski definition) is 2. The number of alkyl halides is 3. The molecule has 1 rings (SSSR count). The summed E-state index contributed by atoms with van der Waals surface area (Å²) >= 11 is 7.85. The van der Waals surface area contributed by atoms with E-state index < -0.39 is 18.6 Å². The molecule has 0 spiro atoms. The van der Waals surface area contributed by atoms with Crippen LogP contribution in [0.25, 0.3) is 0 Å². The zero-order valence-corrected chi connectivity index (χ0v) is 11.6. The number of halogens is 5. The maximum Gasteiger partial charge on any atom is 0.390 e. The molecule has 0 aliphatic rings. The van der Waals surface area contributed by atoms with Gasteiger partial charge in [-0.2, -0.15) is 13.2 Å². The average molecular weight is 367 g/mol. The van der Waals surface area contributed by atoms with Crippen LogP contribution in [0.3, 0.4) is 0 Å². The Hall–Kier alpha value is 0.410. The SMILES string of the molecule is CNC(CC(F)(F)F)c1cc(Br)sc1Br. The largest absolute Gasteiger partial charge is 0.390 e. The Morgan fingerprint density at radius 2 is 2.07 bits per heavy atom. The van der Waals surface area contributed by atoms with Crippen LogP contribution >= 0.6 is 43.2 Å². The first-order chi connectivity index (χ1) is 6.83. The van der Waals surface area contributed by atoms with Crippen molar-refractivity contribution in [1.82, 2.24) is 5.32 Å². The molecule has 0 aliphatic heterocycles. The minimum atomic E-state index is -4.17. The highest BCUT2D eigenvalue weighted by molar-refractivity contribution is 9.12. The van der Waals surface area contributed by atoms with Crippen molar-refractivity contribution in [3.8, 4) is 0 Å². The molecule has 0 aliphatic carbocycles. The van der Waals surface area contributed by atoms with Crippen molar-refractivity contribution in [2.45, 2.75) is 18.6 Å². The highest BCUT2D eigenvalue weighted by Gasteiger charge is 2.33. The number of nitrogens with one attached hydrogen (secondary N) is 1. The lowest BCUT2D eigenvalue weighted by Gasteiger charge is -2.17. The summed E-state index contributed by atoms with van der Waals surface area (Å²) in [5.41, 5.74) is 0.631. The highest BCUT2D eigenvalue weighted by atomic mass is 79.9. The van der Waals surface area contributed by atoms with Crippen LogP contribution in [-0.2, 0) is 0 Å². The molecule has 86 valence electrons. The van der Waals surface area contributed by atoms with Gasteiger partial charge in [0.05, 0.1) is 14.0 Å². The maximum atomic E-state index is 12.3. The minimum Gasteiger partial charge on any atom is -0.313 e. The summed E-state index contributed by atoms with van der Waals surface area (Å²) in [7, 11) is 1.52. The van der Waals surface area contributed by atoms with E-state index in [1.807, 2.05) is 0 Å². The molecule has 0 radical (unpaired) electrons. The van der Waals surface area contributed by atoms with Gasteiger partial charge in [0.15, 0.2) is 0 Å². The monoisotopic (exact) mass is 365 g/mol. The standard InChI is InChI=1S/C8H8Br2F3NS/c1-14-5(3-8(11,12)13)4-2-6(9)15-7(4)10/h2,5,14H,3H2,1H3. The fraction of sp³-hybridized carbons (Fsp3) is 0.500. The number of rotatable bonds is 3. The van der Waals surface area contributed by atoms with Gasteiger partial charge in [-0.3, -0.25) is 0 Å². The Labute approximate surface area is 106 Å². The minimum absolute atomic E-state index is 0.631. The summed E-state index contributed by atoms with van der Waals surface area (Å²) in [6.07, 6.45) is -5.03. The number of thiophene rings is 1. The van der Waals surface area contributed by atoms with Crippen molar-refractivity contribution >= 4 is 43.2 Å².